The van der Waals surface area contributed by atoms with Crippen LogP contribution in [0.4, 0.5) is 56.1 Å². The van der Waals surface area contributed by atoms with Gasteiger partial charge in [0.1, 0.15) is 40.0 Å². The van der Waals surface area contributed by atoms with Crippen molar-refractivity contribution in [2.24, 2.45) is 32.1 Å². The molecule has 0 radical (unpaired) electrons. The number of nitrogens with two attached hydrogens (primary N) is 1. The second-order valence-corrected chi connectivity index (χ2v) is 18.1. The van der Waals surface area contributed by atoms with Gasteiger partial charge in [0.2, 0.25) is 34.8 Å². The Morgan fingerprint density at radius 3 is 1.59 bits per heavy atom. The predicted octanol–water partition coefficient (Wildman–Crippen LogP) is 14.1. The molecule has 0 heterocycles. The first-order chi connectivity index (χ1) is 39.6. The average molecular weight is 1140 g/mol. The molecular formula is C60H62F5N7O10. The molecule has 0 amide bonds. The number of carbonyl (C=O) groups excluding carboxylic acids is 1. The Kier molecular flexibility index (Phi) is 23.3. The summed E-state index contributed by atoms with van der Waals surface area (Å²) in [4.78, 5) is 24.3. The van der Waals surface area contributed by atoms with Gasteiger partial charge in [-0.3, -0.25) is 14.9 Å². The van der Waals surface area contributed by atoms with E-state index in [0.717, 1.165) is 53.1 Å². The number of halogens is 5. The van der Waals surface area contributed by atoms with Gasteiger partial charge in [0.25, 0.3) is 5.69 Å². The minimum atomic E-state index is -2.35. The number of methoxy groups -OCH3 is 4. The lowest BCUT2D eigenvalue weighted by molar-refractivity contribution is -0.384. The van der Waals surface area contributed by atoms with Gasteiger partial charge in [-0.05, 0) is 110 Å². The molecule has 17 nitrogen and oxygen atoms in total. The standard InChI is InChI=1S/C32H27F5N6O6.C28H35NO4/c1-4-42(15-5-6-26(44)49-32-30(36)28(34)27(33)29(35)31(32)37)20-11-7-18(8-12-20)38-40-22-16-25(48-3)23(17-24(22)47-2)41-39-19-9-13-21(14-10-19)43(45)46;1-31-26-15-11-24(12-16-26)28(23-9-4-3-5-10-23,25-13-17-27(32-2)18-14-25)33-21-22(20-30)8-6-7-19-29/h7-14,16-17H,4-6,15H2,1-3H3;3-5,9-18,22,30H,6-8,19-21,29H2,1-2H3. The van der Waals surface area contributed by atoms with Crippen molar-refractivity contribution in [3.05, 3.63) is 195 Å². The molecule has 0 aromatic heterocycles. The van der Waals surface area contributed by atoms with Gasteiger partial charge in [0.05, 0.1) is 51.3 Å². The Morgan fingerprint density at radius 2 is 1.13 bits per heavy atom. The van der Waals surface area contributed by atoms with E-state index in [1.54, 1.807) is 50.6 Å². The zero-order valence-corrected chi connectivity index (χ0v) is 45.7. The number of unbranched alkanes of at least 4 members (excludes halogenated alkanes) is 1. The number of esters is 1. The summed E-state index contributed by atoms with van der Waals surface area (Å²) in [6, 6.07) is 41.7. The van der Waals surface area contributed by atoms with Crippen LogP contribution in [0.5, 0.6) is 28.7 Å². The number of hydrogen-bond donors (Lipinski definition) is 2. The lowest BCUT2D eigenvalue weighted by atomic mass is 9.79. The summed E-state index contributed by atoms with van der Waals surface area (Å²) in [5.41, 5.74) is 9.95. The van der Waals surface area contributed by atoms with Gasteiger partial charge in [0, 0.05) is 62.0 Å². The minimum Gasteiger partial charge on any atom is -0.497 e. The van der Waals surface area contributed by atoms with Crippen LogP contribution in [0, 0.1) is 45.1 Å². The predicted molar refractivity (Wildman–Crippen MR) is 298 cm³/mol. The van der Waals surface area contributed by atoms with E-state index < -0.39 is 51.3 Å². The molecule has 0 bridgehead atoms. The maximum Gasteiger partial charge on any atom is 0.311 e. The molecule has 0 aliphatic carbocycles. The van der Waals surface area contributed by atoms with Crippen LogP contribution in [0.3, 0.4) is 0 Å². The lowest BCUT2D eigenvalue weighted by Gasteiger charge is -2.37. The third-order valence-corrected chi connectivity index (χ3v) is 12.9. The molecule has 0 fully saturated rings. The third-order valence-electron chi connectivity index (χ3n) is 12.9. The Labute approximate surface area is 470 Å². The number of anilines is 1. The highest BCUT2D eigenvalue weighted by Crippen LogP contribution is 2.43. The van der Waals surface area contributed by atoms with Gasteiger partial charge in [0.15, 0.2) is 0 Å². The molecule has 82 heavy (non-hydrogen) atoms. The minimum absolute atomic E-state index is 0.0242. The van der Waals surface area contributed by atoms with Crippen molar-refractivity contribution in [3.63, 3.8) is 0 Å². The van der Waals surface area contributed by atoms with Gasteiger partial charge >= 0.3 is 5.97 Å². The first-order valence-corrected chi connectivity index (χ1v) is 25.8. The van der Waals surface area contributed by atoms with Crippen LogP contribution in [0.15, 0.2) is 160 Å². The fourth-order valence-electron chi connectivity index (χ4n) is 8.46. The summed E-state index contributed by atoms with van der Waals surface area (Å²) in [6.45, 7) is 3.81. The van der Waals surface area contributed by atoms with Crippen LogP contribution in [0.2, 0.25) is 0 Å². The van der Waals surface area contributed by atoms with E-state index in [0.29, 0.717) is 60.5 Å². The Balaban J connectivity index is 0.000000285. The largest absolute Gasteiger partial charge is 0.497 e. The van der Waals surface area contributed by atoms with Crippen LogP contribution in [-0.4, -0.2) is 77.3 Å². The van der Waals surface area contributed by atoms with Crippen molar-refractivity contribution in [1.82, 2.24) is 0 Å². The van der Waals surface area contributed by atoms with Gasteiger partial charge < -0.3 is 44.2 Å². The molecule has 0 spiro atoms. The molecule has 3 N–H and O–H groups in total. The van der Waals surface area contributed by atoms with Crippen molar-refractivity contribution in [1.29, 1.82) is 0 Å². The van der Waals surface area contributed by atoms with E-state index in [2.05, 4.69) is 37.3 Å². The number of nitro groups is 1. The van der Waals surface area contributed by atoms with Crippen LogP contribution in [-0.2, 0) is 15.1 Å². The normalized spacial score (nSPS) is 11.7. The molecular weight excluding hydrogens is 1070 g/mol. The molecule has 0 aliphatic heterocycles. The fourth-order valence-corrected chi connectivity index (χ4v) is 8.46. The number of hydrogen-bond acceptors (Lipinski definition) is 16. The summed E-state index contributed by atoms with van der Waals surface area (Å²) in [5, 5.41) is 37.7. The Morgan fingerprint density at radius 1 is 0.646 bits per heavy atom. The number of benzene rings is 7. The average Bonchev–Trinajstić information content (AvgIpc) is 3.53. The summed E-state index contributed by atoms with van der Waals surface area (Å²) in [6.07, 6.45) is 2.56. The highest BCUT2D eigenvalue weighted by atomic mass is 19.2. The van der Waals surface area contributed by atoms with Crippen molar-refractivity contribution in [3.8, 4) is 28.7 Å². The van der Waals surface area contributed by atoms with Gasteiger partial charge in [-0.25, -0.2) is 13.2 Å². The lowest BCUT2D eigenvalue weighted by Crippen LogP contribution is -2.35. The fraction of sp³-hybridized carbons (Fsp3) is 0.283. The van der Waals surface area contributed by atoms with E-state index in [-0.39, 0.29) is 31.1 Å². The second kappa shape index (κ2) is 30.7. The molecule has 1 unspecified atom stereocenters. The number of aliphatic hydroxyl groups excluding tert-OH is 1. The summed E-state index contributed by atoms with van der Waals surface area (Å²) in [7, 11) is 6.19. The number of nitro benzene ring substituents is 1. The highest BCUT2D eigenvalue weighted by Gasteiger charge is 2.38. The van der Waals surface area contributed by atoms with Crippen molar-refractivity contribution in [2.45, 2.75) is 44.6 Å². The number of non-ortho nitro benzene ring substituents is 1. The topological polar surface area (TPSA) is 215 Å². The summed E-state index contributed by atoms with van der Waals surface area (Å²) in [5.74, 6) is -11.8. The molecule has 7 aromatic rings. The maximum atomic E-state index is 13.8. The van der Waals surface area contributed by atoms with Gasteiger partial charge in [-0.1, -0.05) is 61.0 Å². The number of ether oxygens (including phenoxy) is 6. The number of nitrogens with zero attached hydrogens (tertiary/aromatic N) is 6. The molecule has 0 saturated carbocycles. The van der Waals surface area contributed by atoms with E-state index in [9.17, 15) is 42.0 Å². The summed E-state index contributed by atoms with van der Waals surface area (Å²) < 4.78 is 101. The van der Waals surface area contributed by atoms with E-state index >= 15 is 0 Å². The quantitative estimate of drug-likeness (QED) is 0.00470. The molecule has 0 saturated heterocycles. The third kappa shape index (κ3) is 15.9. The molecule has 22 heteroatoms. The maximum absolute atomic E-state index is 13.8. The number of carbonyl (C=O) groups is 1. The monoisotopic (exact) mass is 1140 g/mol. The number of rotatable bonds is 27. The Hall–Kier alpha value is -8.86. The zero-order chi connectivity index (χ0) is 59.2. The molecule has 7 rings (SSSR count). The van der Waals surface area contributed by atoms with Crippen LogP contribution in [0.1, 0.15) is 55.7 Å². The van der Waals surface area contributed by atoms with E-state index in [1.165, 1.54) is 38.5 Å². The van der Waals surface area contributed by atoms with Crippen LogP contribution in [0.25, 0.3) is 0 Å². The van der Waals surface area contributed by atoms with Crippen LogP contribution < -0.4 is 34.3 Å². The summed E-state index contributed by atoms with van der Waals surface area (Å²) >= 11 is 0. The highest BCUT2D eigenvalue weighted by molar-refractivity contribution is 5.72. The number of aliphatic hydroxyl groups is 1. The Bertz CT molecular complexity index is 3180. The van der Waals surface area contributed by atoms with Gasteiger partial charge in [-0.2, -0.15) is 19.0 Å². The smallest absolute Gasteiger partial charge is 0.311 e. The van der Waals surface area contributed by atoms with Crippen LogP contribution >= 0.6 is 0 Å². The SMILES string of the molecule is CCN(CCCC(=O)Oc1c(F)c(F)c(F)c(F)c1F)c1ccc(N=Nc2cc(OC)c(N=Nc3ccc([N+](=O)[O-])cc3)cc2OC)cc1.COc1ccc(C(OCC(CO)CCCCN)(c2ccccc2)c2ccc(OC)cc2)cc1. The zero-order valence-electron chi connectivity index (χ0n) is 45.7. The molecule has 432 valence electrons. The molecule has 7 aromatic carbocycles. The first-order valence-electron chi connectivity index (χ1n) is 25.8. The molecule has 1 atom stereocenters. The first kappa shape index (κ1) is 62.3. The van der Waals surface area contributed by atoms with Gasteiger partial charge in [-0.15, -0.1) is 10.2 Å². The number of azo groups is 2. The van der Waals surface area contributed by atoms with Crippen molar-refractivity contribution in [2.75, 3.05) is 66.2 Å². The van der Waals surface area contributed by atoms with Crippen molar-refractivity contribution < 1.29 is 65.2 Å². The van der Waals surface area contributed by atoms with E-state index in [4.69, 9.17) is 29.4 Å². The molecule has 0 aliphatic rings. The van der Waals surface area contributed by atoms with Crippen molar-refractivity contribution >= 4 is 40.1 Å². The van der Waals surface area contributed by atoms with E-state index in [1.807, 2.05) is 78.6 Å². The second-order valence-electron chi connectivity index (χ2n) is 18.1.